The molecule has 5 heteroatoms. The van der Waals surface area contributed by atoms with Gasteiger partial charge in [0, 0.05) is 26.7 Å². The highest BCUT2D eigenvalue weighted by atomic mass is 16.5. The first-order chi connectivity index (χ1) is 9.57. The summed E-state index contributed by atoms with van der Waals surface area (Å²) in [5.41, 5.74) is -0.213. The fraction of sp³-hybridized carbons (Fsp3) is 0.933. The minimum absolute atomic E-state index is 0.213. The predicted molar refractivity (Wildman–Crippen MR) is 85.4 cm³/mol. The van der Waals surface area contributed by atoms with Crippen LogP contribution in [0.4, 0.5) is 0 Å². The van der Waals surface area contributed by atoms with Crippen LogP contribution in [0.3, 0.4) is 0 Å². The van der Waals surface area contributed by atoms with E-state index in [0.717, 1.165) is 25.6 Å². The van der Waals surface area contributed by atoms with Gasteiger partial charge >= 0.3 is 0 Å². The molecule has 0 aromatic carbocycles. The quantitative estimate of drug-likeness (QED) is 0.549. The van der Waals surface area contributed by atoms with Gasteiger partial charge in [-0.1, -0.05) is 6.42 Å². The maximum Gasteiger partial charge on any atom is 0.191 e. The summed E-state index contributed by atoms with van der Waals surface area (Å²) < 4.78 is 5.39. The Balaban J connectivity index is 2.32. The molecule has 5 nitrogen and oxygen atoms in total. The monoisotopic (exact) mass is 284 g/mol. The molecule has 0 radical (unpaired) electrons. The molecule has 0 saturated carbocycles. The summed E-state index contributed by atoms with van der Waals surface area (Å²) in [7, 11) is 1.73. The number of likely N-dealkylation sites (tertiary alicyclic amines) is 1. The average molecular weight is 284 g/mol. The lowest BCUT2D eigenvalue weighted by Gasteiger charge is -2.27. The first-order valence-electron chi connectivity index (χ1n) is 7.87. The van der Waals surface area contributed by atoms with E-state index in [9.17, 15) is 0 Å². The van der Waals surface area contributed by atoms with Gasteiger partial charge in [-0.15, -0.1) is 0 Å². The van der Waals surface area contributed by atoms with E-state index in [1.807, 2.05) is 13.8 Å². The van der Waals surface area contributed by atoms with Crippen LogP contribution in [0.2, 0.25) is 0 Å². The second-order valence-corrected chi connectivity index (χ2v) is 5.99. The van der Waals surface area contributed by atoms with Crippen LogP contribution in [-0.4, -0.2) is 62.8 Å². The van der Waals surface area contributed by atoms with Crippen LogP contribution in [0.1, 0.15) is 40.0 Å². The molecule has 2 N–H and O–H groups in total. The van der Waals surface area contributed by atoms with Crippen LogP contribution in [0.5, 0.6) is 0 Å². The lowest BCUT2D eigenvalue weighted by Crippen LogP contribution is -2.43. The maximum atomic E-state index is 5.39. The molecule has 0 amide bonds. The summed E-state index contributed by atoms with van der Waals surface area (Å²) >= 11 is 0. The van der Waals surface area contributed by atoms with Crippen molar-refractivity contribution < 1.29 is 4.74 Å². The summed E-state index contributed by atoms with van der Waals surface area (Å²) in [5.74, 6) is 0.884. The van der Waals surface area contributed by atoms with Crippen molar-refractivity contribution in [2.75, 3.05) is 46.4 Å². The lowest BCUT2D eigenvalue weighted by atomic mass is 10.1. The van der Waals surface area contributed by atoms with Crippen molar-refractivity contribution >= 4 is 5.96 Å². The third kappa shape index (κ3) is 7.10. The summed E-state index contributed by atoms with van der Waals surface area (Å²) in [6.45, 7) is 12.2. The number of hydrogen-bond donors (Lipinski definition) is 2. The first-order valence-corrected chi connectivity index (χ1v) is 7.87. The smallest absolute Gasteiger partial charge is 0.191 e. The van der Waals surface area contributed by atoms with Crippen molar-refractivity contribution in [3.63, 3.8) is 0 Å². The van der Waals surface area contributed by atoms with E-state index in [-0.39, 0.29) is 5.60 Å². The van der Waals surface area contributed by atoms with Gasteiger partial charge in [0.15, 0.2) is 5.96 Å². The minimum Gasteiger partial charge on any atom is -0.377 e. The van der Waals surface area contributed by atoms with Crippen LogP contribution < -0.4 is 10.6 Å². The van der Waals surface area contributed by atoms with Gasteiger partial charge in [0.1, 0.15) is 0 Å². The van der Waals surface area contributed by atoms with Crippen LogP contribution in [0.25, 0.3) is 0 Å². The molecule has 1 heterocycles. The van der Waals surface area contributed by atoms with Gasteiger partial charge in [0.2, 0.25) is 0 Å². The zero-order valence-corrected chi connectivity index (χ0v) is 13.7. The SMILES string of the molecule is CCNC(=NCC(C)(C)OC)NCCN1CCCCC1. The number of ether oxygens (including phenoxy) is 1. The highest BCUT2D eigenvalue weighted by Crippen LogP contribution is 2.08. The van der Waals surface area contributed by atoms with Crippen molar-refractivity contribution in [1.29, 1.82) is 0 Å². The Morgan fingerprint density at radius 3 is 2.50 bits per heavy atom. The number of rotatable bonds is 7. The van der Waals surface area contributed by atoms with E-state index in [4.69, 9.17) is 4.74 Å². The summed E-state index contributed by atoms with van der Waals surface area (Å²) in [5, 5.41) is 6.69. The number of methoxy groups -OCH3 is 1. The third-order valence-corrected chi connectivity index (χ3v) is 3.68. The highest BCUT2D eigenvalue weighted by Gasteiger charge is 2.15. The molecule has 1 fully saturated rings. The fourth-order valence-corrected chi connectivity index (χ4v) is 2.19. The Hall–Kier alpha value is -0.810. The number of nitrogens with one attached hydrogen (secondary N) is 2. The predicted octanol–water partition coefficient (Wildman–Crippen LogP) is 1.45. The Morgan fingerprint density at radius 1 is 1.20 bits per heavy atom. The molecule has 0 aromatic rings. The third-order valence-electron chi connectivity index (χ3n) is 3.68. The van der Waals surface area contributed by atoms with E-state index in [2.05, 4.69) is 27.4 Å². The van der Waals surface area contributed by atoms with E-state index >= 15 is 0 Å². The van der Waals surface area contributed by atoms with Gasteiger partial charge in [-0.3, -0.25) is 4.99 Å². The summed E-state index contributed by atoms with van der Waals surface area (Å²) in [6.07, 6.45) is 4.08. The van der Waals surface area contributed by atoms with Gasteiger partial charge in [-0.25, -0.2) is 0 Å². The van der Waals surface area contributed by atoms with E-state index < -0.39 is 0 Å². The number of hydrogen-bond acceptors (Lipinski definition) is 3. The second kappa shape index (κ2) is 9.19. The van der Waals surface area contributed by atoms with E-state index in [0.29, 0.717) is 6.54 Å². The molecule has 1 aliphatic heterocycles. The molecular formula is C15H32N4O. The van der Waals surface area contributed by atoms with Crippen molar-refractivity contribution in [2.24, 2.45) is 4.99 Å². The zero-order valence-electron chi connectivity index (χ0n) is 13.7. The normalized spacial score (nSPS) is 18.1. The molecule has 0 bridgehead atoms. The van der Waals surface area contributed by atoms with Crippen LogP contribution in [0, 0.1) is 0 Å². The Bertz CT molecular complexity index is 286. The van der Waals surface area contributed by atoms with Crippen LogP contribution in [-0.2, 0) is 4.74 Å². The molecule has 0 aliphatic carbocycles. The standard InChI is InChI=1S/C15H32N4O/c1-5-16-14(18-13-15(2,3)20-4)17-9-12-19-10-7-6-8-11-19/h5-13H2,1-4H3,(H2,16,17,18). The highest BCUT2D eigenvalue weighted by molar-refractivity contribution is 5.79. The van der Waals surface area contributed by atoms with Gasteiger partial charge in [-0.05, 0) is 46.7 Å². The number of piperidine rings is 1. The Labute approximate surface area is 124 Å². The lowest BCUT2D eigenvalue weighted by molar-refractivity contribution is 0.0310. The van der Waals surface area contributed by atoms with E-state index in [1.165, 1.54) is 32.4 Å². The minimum atomic E-state index is -0.213. The average Bonchev–Trinajstić information content (AvgIpc) is 2.46. The van der Waals surface area contributed by atoms with Crippen molar-refractivity contribution in [1.82, 2.24) is 15.5 Å². The van der Waals surface area contributed by atoms with Crippen molar-refractivity contribution in [3.8, 4) is 0 Å². The fourth-order valence-electron chi connectivity index (χ4n) is 2.19. The topological polar surface area (TPSA) is 48.9 Å². The van der Waals surface area contributed by atoms with Gasteiger partial charge in [0.05, 0.1) is 12.1 Å². The Morgan fingerprint density at radius 2 is 1.90 bits per heavy atom. The number of nitrogens with zero attached hydrogens (tertiary/aromatic N) is 2. The zero-order chi connectivity index (χ0) is 14.8. The van der Waals surface area contributed by atoms with Crippen LogP contribution >= 0.6 is 0 Å². The molecule has 0 unspecified atom stereocenters. The molecule has 0 spiro atoms. The molecular weight excluding hydrogens is 252 g/mol. The maximum absolute atomic E-state index is 5.39. The number of guanidine groups is 1. The van der Waals surface area contributed by atoms with Crippen LogP contribution in [0.15, 0.2) is 4.99 Å². The van der Waals surface area contributed by atoms with Gasteiger partial charge in [-0.2, -0.15) is 0 Å². The summed E-state index contributed by atoms with van der Waals surface area (Å²) in [4.78, 5) is 7.12. The molecule has 0 aromatic heterocycles. The van der Waals surface area contributed by atoms with Crippen molar-refractivity contribution in [3.05, 3.63) is 0 Å². The number of aliphatic imine (C=N–C) groups is 1. The second-order valence-electron chi connectivity index (χ2n) is 5.99. The summed E-state index contributed by atoms with van der Waals surface area (Å²) in [6, 6.07) is 0. The van der Waals surface area contributed by atoms with Gasteiger partial charge < -0.3 is 20.3 Å². The molecule has 0 atom stereocenters. The Kier molecular flexibility index (Phi) is 7.92. The van der Waals surface area contributed by atoms with E-state index in [1.54, 1.807) is 7.11 Å². The molecule has 1 saturated heterocycles. The molecule has 118 valence electrons. The molecule has 1 rings (SSSR count). The van der Waals surface area contributed by atoms with Crippen molar-refractivity contribution in [2.45, 2.75) is 45.6 Å². The first kappa shape index (κ1) is 17.2. The largest absolute Gasteiger partial charge is 0.377 e. The molecule has 20 heavy (non-hydrogen) atoms. The molecule has 1 aliphatic rings. The van der Waals surface area contributed by atoms with Gasteiger partial charge in [0.25, 0.3) is 0 Å².